The van der Waals surface area contributed by atoms with Crippen LogP contribution in [0.3, 0.4) is 0 Å². The molecule has 0 bridgehead atoms. The van der Waals surface area contributed by atoms with E-state index in [-0.39, 0.29) is 22.3 Å². The molecule has 0 saturated carbocycles. The number of imide groups is 1. The Morgan fingerprint density at radius 3 is 2.32 bits per heavy atom. The van der Waals surface area contributed by atoms with Gasteiger partial charge in [0.15, 0.2) is 0 Å². The third kappa shape index (κ3) is 3.98. The molecule has 2 aliphatic rings. The number of nitrogens with zero attached hydrogens (tertiary/aromatic N) is 2. The van der Waals surface area contributed by atoms with Crippen molar-refractivity contribution < 1.29 is 19.1 Å². The lowest BCUT2D eigenvalue weighted by Gasteiger charge is -2.18. The summed E-state index contributed by atoms with van der Waals surface area (Å²) in [7, 11) is 1.43. The van der Waals surface area contributed by atoms with Crippen molar-refractivity contribution in [2.75, 3.05) is 30.4 Å². The number of benzene rings is 2. The third-order valence-corrected chi connectivity index (χ3v) is 5.79. The number of hydrogen-bond donors (Lipinski definition) is 1. The van der Waals surface area contributed by atoms with Gasteiger partial charge in [-0.25, -0.2) is 4.90 Å². The van der Waals surface area contributed by atoms with Crippen LogP contribution < -0.4 is 15.0 Å². The molecule has 2 aromatic rings. The Hall–Kier alpha value is -3.03. The summed E-state index contributed by atoms with van der Waals surface area (Å²) in [5.74, 6) is -1.03. The molecule has 0 radical (unpaired) electrons. The minimum Gasteiger partial charge on any atom is -0.495 e. The molecule has 0 aliphatic carbocycles. The number of methoxy groups -OCH3 is 1. The van der Waals surface area contributed by atoms with Crippen LogP contribution in [0.25, 0.3) is 0 Å². The molecule has 2 heterocycles. The van der Waals surface area contributed by atoms with Gasteiger partial charge in [0.1, 0.15) is 16.5 Å². The first kappa shape index (κ1) is 21.2. The number of hydrogen-bond acceptors (Lipinski definition) is 5. The van der Waals surface area contributed by atoms with Crippen LogP contribution in [0.5, 0.6) is 5.75 Å². The van der Waals surface area contributed by atoms with Crippen LogP contribution in [0.15, 0.2) is 53.2 Å². The second-order valence-corrected chi connectivity index (χ2v) is 7.97. The molecule has 1 N–H and O–H groups in total. The molecule has 9 heteroatoms. The van der Waals surface area contributed by atoms with Gasteiger partial charge >= 0.3 is 0 Å². The van der Waals surface area contributed by atoms with Crippen molar-refractivity contribution in [2.45, 2.75) is 12.8 Å². The van der Waals surface area contributed by atoms with E-state index in [0.717, 1.165) is 30.8 Å². The molecule has 4 rings (SSSR count). The van der Waals surface area contributed by atoms with Crippen LogP contribution in [0, 0.1) is 0 Å². The molecule has 31 heavy (non-hydrogen) atoms. The average Bonchev–Trinajstić information content (AvgIpc) is 3.38. The second kappa shape index (κ2) is 8.61. The molecule has 0 aromatic heterocycles. The summed E-state index contributed by atoms with van der Waals surface area (Å²) < 4.78 is 5.25. The number of carbonyl (C=O) groups excluding carboxylic acids is 3. The van der Waals surface area contributed by atoms with Gasteiger partial charge in [0.2, 0.25) is 0 Å². The molecule has 0 spiro atoms. The highest BCUT2D eigenvalue weighted by Gasteiger charge is 2.40. The quantitative estimate of drug-likeness (QED) is 0.682. The van der Waals surface area contributed by atoms with Crippen molar-refractivity contribution in [3.05, 3.63) is 63.8 Å². The molecule has 1 fully saturated rings. The van der Waals surface area contributed by atoms with E-state index in [4.69, 9.17) is 27.9 Å². The number of nitrogens with one attached hydrogen (secondary N) is 1. The Kier molecular flexibility index (Phi) is 5.89. The van der Waals surface area contributed by atoms with Gasteiger partial charge < -0.3 is 15.0 Å². The Bertz CT molecular complexity index is 1090. The summed E-state index contributed by atoms with van der Waals surface area (Å²) in [6, 6.07) is 11.3. The van der Waals surface area contributed by atoms with Gasteiger partial charge in [-0.1, -0.05) is 23.2 Å². The van der Waals surface area contributed by atoms with Crippen LogP contribution in [0.4, 0.5) is 11.4 Å². The van der Waals surface area contributed by atoms with Crippen LogP contribution in [0.2, 0.25) is 5.02 Å². The molecule has 7 nitrogen and oxygen atoms in total. The van der Waals surface area contributed by atoms with Crippen molar-refractivity contribution in [1.29, 1.82) is 0 Å². The fourth-order valence-corrected chi connectivity index (χ4v) is 3.99. The van der Waals surface area contributed by atoms with E-state index in [1.165, 1.54) is 13.2 Å². The monoisotopic (exact) mass is 459 g/mol. The van der Waals surface area contributed by atoms with E-state index in [0.29, 0.717) is 22.0 Å². The van der Waals surface area contributed by atoms with Crippen LogP contribution >= 0.6 is 23.2 Å². The first-order chi connectivity index (χ1) is 14.9. The van der Waals surface area contributed by atoms with E-state index >= 15 is 0 Å². The number of ether oxygens (including phenoxy) is 1. The smallest absolute Gasteiger partial charge is 0.283 e. The zero-order valence-corrected chi connectivity index (χ0v) is 18.2. The van der Waals surface area contributed by atoms with Gasteiger partial charge in [0.05, 0.1) is 12.8 Å². The van der Waals surface area contributed by atoms with Crippen molar-refractivity contribution in [3.63, 3.8) is 0 Å². The highest BCUT2D eigenvalue weighted by Crippen LogP contribution is 2.37. The summed E-state index contributed by atoms with van der Waals surface area (Å²) in [4.78, 5) is 40.9. The molecule has 1 saturated heterocycles. The zero-order valence-electron chi connectivity index (χ0n) is 16.7. The van der Waals surface area contributed by atoms with Crippen molar-refractivity contribution in [2.24, 2.45) is 0 Å². The molecule has 2 aromatic carbocycles. The summed E-state index contributed by atoms with van der Waals surface area (Å²) in [5.41, 5.74) is 1.22. The molecule has 2 aliphatic heterocycles. The topological polar surface area (TPSA) is 79.0 Å². The van der Waals surface area contributed by atoms with Crippen molar-refractivity contribution >= 4 is 52.3 Å². The average molecular weight is 460 g/mol. The Labute approximate surface area is 189 Å². The maximum absolute atomic E-state index is 13.0. The number of likely N-dealkylation sites (tertiary alicyclic amines) is 1. The van der Waals surface area contributed by atoms with Crippen molar-refractivity contribution in [1.82, 2.24) is 4.90 Å². The normalized spacial score (nSPS) is 16.4. The second-order valence-electron chi connectivity index (χ2n) is 7.15. The largest absolute Gasteiger partial charge is 0.495 e. The van der Waals surface area contributed by atoms with Crippen molar-refractivity contribution in [3.8, 4) is 5.75 Å². The lowest BCUT2D eigenvalue weighted by Crippen LogP contribution is -2.32. The third-order valence-electron chi connectivity index (χ3n) is 5.20. The summed E-state index contributed by atoms with van der Waals surface area (Å²) in [6.07, 6.45) is 2.03. The Morgan fingerprint density at radius 1 is 1.00 bits per heavy atom. The van der Waals surface area contributed by atoms with Gasteiger partial charge in [-0.2, -0.15) is 0 Å². The first-order valence-electron chi connectivity index (χ1n) is 9.69. The minimum absolute atomic E-state index is 0.0207. The molecular weight excluding hydrogens is 441 g/mol. The maximum atomic E-state index is 13.0. The van der Waals surface area contributed by atoms with Crippen LogP contribution in [0.1, 0.15) is 23.2 Å². The molecule has 3 amide bonds. The molecule has 0 atom stereocenters. The number of rotatable bonds is 5. The fraction of sp³-hybridized carbons (Fsp3) is 0.227. The van der Waals surface area contributed by atoms with Gasteiger partial charge in [-0.05, 0) is 55.3 Å². The Morgan fingerprint density at radius 2 is 1.68 bits per heavy atom. The predicted molar refractivity (Wildman–Crippen MR) is 119 cm³/mol. The maximum Gasteiger partial charge on any atom is 0.283 e. The standard InChI is InChI=1S/C22H19Cl2N3O4/c1-31-17-9-6-14(23)12-16(17)27-21(29)18(24)19(22(27)30)25-15-7-4-13(5-8-15)20(28)26-10-2-3-11-26/h4-9,12,25H,2-3,10-11H2,1H3. The van der Waals surface area contributed by atoms with E-state index in [1.54, 1.807) is 36.4 Å². The van der Waals surface area contributed by atoms with Gasteiger partial charge in [0, 0.05) is 29.4 Å². The van der Waals surface area contributed by atoms with Gasteiger partial charge in [0.25, 0.3) is 17.7 Å². The number of amides is 3. The summed E-state index contributed by atoms with van der Waals surface area (Å²) >= 11 is 12.2. The van der Waals surface area contributed by atoms with E-state index in [2.05, 4.69) is 5.32 Å². The molecule has 160 valence electrons. The van der Waals surface area contributed by atoms with Crippen LogP contribution in [-0.2, 0) is 9.59 Å². The van der Waals surface area contributed by atoms with E-state index in [1.807, 2.05) is 4.90 Å². The van der Waals surface area contributed by atoms with E-state index in [9.17, 15) is 14.4 Å². The molecular formula is C22H19Cl2N3O4. The fourth-order valence-electron chi connectivity index (χ4n) is 3.61. The minimum atomic E-state index is -0.685. The SMILES string of the molecule is COc1ccc(Cl)cc1N1C(=O)C(Cl)=C(Nc2ccc(C(=O)N3CCCC3)cc2)C1=O. The number of carbonyl (C=O) groups is 3. The number of anilines is 2. The highest BCUT2D eigenvalue weighted by atomic mass is 35.5. The predicted octanol–water partition coefficient (Wildman–Crippen LogP) is 4.02. The lowest BCUT2D eigenvalue weighted by molar-refractivity contribution is -0.120. The van der Waals surface area contributed by atoms with Crippen LogP contribution in [-0.4, -0.2) is 42.8 Å². The lowest BCUT2D eigenvalue weighted by atomic mass is 10.2. The zero-order chi connectivity index (χ0) is 22.1. The Balaban J connectivity index is 1.55. The number of halogens is 2. The first-order valence-corrected chi connectivity index (χ1v) is 10.4. The summed E-state index contributed by atoms with van der Waals surface area (Å²) in [5, 5.41) is 2.99. The van der Waals surface area contributed by atoms with E-state index < -0.39 is 11.8 Å². The highest BCUT2D eigenvalue weighted by molar-refractivity contribution is 6.53. The summed E-state index contributed by atoms with van der Waals surface area (Å²) in [6.45, 7) is 1.53. The molecule has 0 unspecified atom stereocenters. The van der Waals surface area contributed by atoms with Gasteiger partial charge in [-0.15, -0.1) is 0 Å². The van der Waals surface area contributed by atoms with Gasteiger partial charge in [-0.3, -0.25) is 14.4 Å².